The van der Waals surface area contributed by atoms with Gasteiger partial charge in [0.2, 0.25) is 0 Å². The standard InChI is InChI=1S/C14H21N3/c1-9-6-7-11-16-13(14(3,4)5)12(10(2)15)17(11)8-9/h6-8,10H,15H2,1-5H3. The summed E-state index contributed by atoms with van der Waals surface area (Å²) in [7, 11) is 0. The molecule has 1 atom stereocenters. The van der Waals surface area contributed by atoms with Gasteiger partial charge in [-0.3, -0.25) is 0 Å². The van der Waals surface area contributed by atoms with Gasteiger partial charge in [0.25, 0.3) is 0 Å². The fourth-order valence-electron chi connectivity index (χ4n) is 2.16. The Bertz CT molecular complexity index is 544. The van der Waals surface area contributed by atoms with Gasteiger partial charge in [0, 0.05) is 17.7 Å². The number of hydrogen-bond acceptors (Lipinski definition) is 2. The Morgan fingerprint density at radius 3 is 2.47 bits per heavy atom. The SMILES string of the molecule is Cc1ccc2nc(C(C)(C)C)c(C(C)N)n2c1. The van der Waals surface area contributed by atoms with E-state index in [2.05, 4.69) is 50.4 Å². The summed E-state index contributed by atoms with van der Waals surface area (Å²) in [6, 6.07) is 4.12. The molecule has 92 valence electrons. The maximum Gasteiger partial charge on any atom is 0.137 e. The first kappa shape index (κ1) is 12.1. The van der Waals surface area contributed by atoms with Crippen LogP contribution in [-0.4, -0.2) is 9.38 Å². The smallest absolute Gasteiger partial charge is 0.137 e. The van der Waals surface area contributed by atoms with Crippen molar-refractivity contribution in [2.45, 2.75) is 46.1 Å². The molecule has 0 saturated heterocycles. The van der Waals surface area contributed by atoms with Crippen molar-refractivity contribution in [3.63, 3.8) is 0 Å². The molecule has 17 heavy (non-hydrogen) atoms. The van der Waals surface area contributed by atoms with Crippen LogP contribution in [0.25, 0.3) is 5.65 Å². The zero-order valence-electron chi connectivity index (χ0n) is 11.3. The van der Waals surface area contributed by atoms with E-state index in [-0.39, 0.29) is 11.5 Å². The van der Waals surface area contributed by atoms with Gasteiger partial charge in [0.05, 0.1) is 11.4 Å². The van der Waals surface area contributed by atoms with Gasteiger partial charge in [-0.15, -0.1) is 0 Å². The van der Waals surface area contributed by atoms with Gasteiger partial charge < -0.3 is 10.1 Å². The van der Waals surface area contributed by atoms with Gasteiger partial charge >= 0.3 is 0 Å². The summed E-state index contributed by atoms with van der Waals surface area (Å²) in [6.07, 6.45) is 2.11. The summed E-state index contributed by atoms with van der Waals surface area (Å²) < 4.78 is 2.13. The molecule has 3 nitrogen and oxygen atoms in total. The van der Waals surface area contributed by atoms with Crippen molar-refractivity contribution >= 4 is 5.65 Å². The van der Waals surface area contributed by atoms with E-state index in [0.29, 0.717) is 0 Å². The third-order valence-corrected chi connectivity index (χ3v) is 2.95. The van der Waals surface area contributed by atoms with Crippen molar-refractivity contribution in [1.29, 1.82) is 0 Å². The zero-order valence-corrected chi connectivity index (χ0v) is 11.3. The van der Waals surface area contributed by atoms with E-state index < -0.39 is 0 Å². The summed E-state index contributed by atoms with van der Waals surface area (Å²) in [6.45, 7) is 10.6. The van der Waals surface area contributed by atoms with Crippen molar-refractivity contribution < 1.29 is 0 Å². The van der Waals surface area contributed by atoms with Crippen LogP contribution in [0.1, 0.15) is 50.7 Å². The Labute approximate surface area is 103 Å². The summed E-state index contributed by atoms with van der Waals surface area (Å²) in [5.74, 6) is 0. The van der Waals surface area contributed by atoms with Crippen LogP contribution in [0.15, 0.2) is 18.3 Å². The molecule has 0 radical (unpaired) electrons. The Morgan fingerprint density at radius 2 is 1.94 bits per heavy atom. The molecule has 3 heteroatoms. The van der Waals surface area contributed by atoms with Crippen LogP contribution < -0.4 is 5.73 Å². The first-order chi connectivity index (χ1) is 7.80. The van der Waals surface area contributed by atoms with Crippen LogP contribution in [0.5, 0.6) is 0 Å². The van der Waals surface area contributed by atoms with Crippen LogP contribution in [-0.2, 0) is 5.41 Å². The number of aryl methyl sites for hydroxylation is 1. The molecular formula is C14H21N3. The highest BCUT2D eigenvalue weighted by atomic mass is 15.0. The molecule has 2 rings (SSSR count). The van der Waals surface area contributed by atoms with Gasteiger partial charge in [-0.1, -0.05) is 26.8 Å². The lowest BCUT2D eigenvalue weighted by molar-refractivity contribution is 0.555. The first-order valence-corrected chi connectivity index (χ1v) is 6.05. The fraction of sp³-hybridized carbons (Fsp3) is 0.500. The minimum absolute atomic E-state index is 0.0129. The van der Waals surface area contributed by atoms with Crippen LogP contribution in [0.4, 0.5) is 0 Å². The molecule has 0 spiro atoms. The van der Waals surface area contributed by atoms with Crippen LogP contribution in [0, 0.1) is 6.92 Å². The third kappa shape index (κ3) is 2.07. The molecule has 0 aromatic carbocycles. The highest BCUT2D eigenvalue weighted by molar-refractivity contribution is 5.47. The minimum atomic E-state index is -0.0129. The van der Waals surface area contributed by atoms with Crippen molar-refractivity contribution in [2.24, 2.45) is 5.73 Å². The summed E-state index contributed by atoms with van der Waals surface area (Å²) in [5, 5.41) is 0. The van der Waals surface area contributed by atoms with E-state index in [0.717, 1.165) is 17.0 Å². The Kier molecular flexibility index (Phi) is 2.74. The topological polar surface area (TPSA) is 43.3 Å². The molecule has 2 aromatic rings. The maximum absolute atomic E-state index is 6.11. The number of fused-ring (bicyclic) bond motifs is 1. The number of aromatic nitrogens is 2. The second kappa shape index (κ2) is 3.84. The van der Waals surface area contributed by atoms with E-state index in [1.54, 1.807) is 0 Å². The first-order valence-electron chi connectivity index (χ1n) is 6.05. The van der Waals surface area contributed by atoms with Gasteiger partial charge in [0.15, 0.2) is 0 Å². The second-order valence-corrected chi connectivity index (χ2v) is 5.82. The molecule has 0 amide bonds. The summed E-state index contributed by atoms with van der Waals surface area (Å²) in [4.78, 5) is 4.73. The van der Waals surface area contributed by atoms with Crippen LogP contribution in [0.2, 0.25) is 0 Å². The second-order valence-electron chi connectivity index (χ2n) is 5.82. The summed E-state index contributed by atoms with van der Waals surface area (Å²) >= 11 is 0. The van der Waals surface area contributed by atoms with Crippen molar-refractivity contribution in [2.75, 3.05) is 0 Å². The molecule has 0 bridgehead atoms. The molecule has 1 unspecified atom stereocenters. The lowest BCUT2D eigenvalue weighted by atomic mass is 9.89. The van der Waals surface area contributed by atoms with E-state index in [1.165, 1.54) is 5.56 Å². The largest absolute Gasteiger partial charge is 0.323 e. The average Bonchev–Trinajstić information content (AvgIpc) is 2.55. The number of nitrogens with two attached hydrogens (primary N) is 1. The third-order valence-electron chi connectivity index (χ3n) is 2.95. The van der Waals surface area contributed by atoms with Crippen molar-refractivity contribution in [3.8, 4) is 0 Å². The quantitative estimate of drug-likeness (QED) is 0.820. The van der Waals surface area contributed by atoms with Crippen LogP contribution in [0.3, 0.4) is 0 Å². The highest BCUT2D eigenvalue weighted by Crippen LogP contribution is 2.29. The molecule has 0 aliphatic rings. The normalized spacial score (nSPS) is 14.2. The van der Waals surface area contributed by atoms with E-state index in [1.807, 2.05) is 6.92 Å². The molecule has 0 saturated carbocycles. The predicted octanol–water partition coefficient (Wildman–Crippen LogP) is 2.96. The Morgan fingerprint density at radius 1 is 1.29 bits per heavy atom. The number of rotatable bonds is 1. The number of hydrogen-bond donors (Lipinski definition) is 1. The monoisotopic (exact) mass is 231 g/mol. The lowest BCUT2D eigenvalue weighted by Crippen LogP contribution is -2.19. The predicted molar refractivity (Wildman–Crippen MR) is 71.2 cm³/mol. The molecule has 0 aliphatic heterocycles. The average molecular weight is 231 g/mol. The van der Waals surface area contributed by atoms with E-state index in [4.69, 9.17) is 10.7 Å². The molecule has 0 fully saturated rings. The molecule has 2 N–H and O–H groups in total. The van der Waals surface area contributed by atoms with Gasteiger partial charge in [-0.05, 0) is 25.5 Å². The molecule has 0 aliphatic carbocycles. The molecule has 2 aromatic heterocycles. The van der Waals surface area contributed by atoms with Gasteiger partial charge in [-0.2, -0.15) is 0 Å². The Balaban J connectivity index is 2.81. The fourth-order valence-corrected chi connectivity index (χ4v) is 2.16. The van der Waals surface area contributed by atoms with E-state index >= 15 is 0 Å². The lowest BCUT2D eigenvalue weighted by Gasteiger charge is -2.19. The number of nitrogens with zero attached hydrogens (tertiary/aromatic N) is 2. The Hall–Kier alpha value is -1.35. The highest BCUT2D eigenvalue weighted by Gasteiger charge is 2.25. The molecular weight excluding hydrogens is 210 g/mol. The van der Waals surface area contributed by atoms with Crippen molar-refractivity contribution in [1.82, 2.24) is 9.38 Å². The van der Waals surface area contributed by atoms with Gasteiger partial charge in [0.1, 0.15) is 5.65 Å². The summed E-state index contributed by atoms with van der Waals surface area (Å²) in [5.41, 5.74) is 10.5. The maximum atomic E-state index is 6.11. The molecule has 2 heterocycles. The van der Waals surface area contributed by atoms with Crippen molar-refractivity contribution in [3.05, 3.63) is 35.3 Å². The van der Waals surface area contributed by atoms with E-state index in [9.17, 15) is 0 Å². The number of imidazole rings is 1. The number of pyridine rings is 1. The minimum Gasteiger partial charge on any atom is -0.323 e. The van der Waals surface area contributed by atoms with Gasteiger partial charge in [-0.25, -0.2) is 4.98 Å². The zero-order chi connectivity index (χ0) is 12.8. The van der Waals surface area contributed by atoms with Crippen LogP contribution >= 0.6 is 0 Å².